The number of carbonyl (C=O) groups is 1. The Kier molecular flexibility index (Phi) is 5.23. The highest BCUT2D eigenvalue weighted by Gasteiger charge is 2.04. The van der Waals surface area contributed by atoms with E-state index in [4.69, 9.17) is 4.74 Å². The molecule has 3 rings (SSSR count). The van der Waals surface area contributed by atoms with Gasteiger partial charge in [-0.1, -0.05) is 36.4 Å². The molecule has 0 aliphatic carbocycles. The monoisotopic (exact) mass is 323 g/mol. The molecule has 1 heterocycles. The lowest BCUT2D eigenvalue weighted by molar-refractivity contribution is -0.122. The number of fused-ring (bicyclic) bond motifs is 1. The minimum Gasteiger partial charge on any atom is -0.384 e. The summed E-state index contributed by atoms with van der Waals surface area (Å²) in [5, 5.41) is 2.91. The number of hydrogen-bond donors (Lipinski definition) is 1. The Labute approximate surface area is 141 Å². The first-order chi connectivity index (χ1) is 11.8. The van der Waals surface area contributed by atoms with Gasteiger partial charge in [0.1, 0.15) is 0 Å². The standard InChI is InChI=1S/C19H21N3O2/c1-24-10-9-19(23)20-12-15-5-4-6-16(11-15)13-22-14-21-17-7-2-3-8-18(17)22/h2-8,11,14H,9-10,12-13H2,1H3,(H,20,23). The van der Waals surface area contributed by atoms with Crippen molar-refractivity contribution < 1.29 is 9.53 Å². The molecule has 0 saturated heterocycles. The fourth-order valence-corrected chi connectivity index (χ4v) is 2.65. The summed E-state index contributed by atoms with van der Waals surface area (Å²) in [5.74, 6) is 0.00265. The van der Waals surface area contributed by atoms with Crippen LogP contribution in [0.1, 0.15) is 17.5 Å². The molecule has 24 heavy (non-hydrogen) atoms. The Balaban J connectivity index is 1.66. The second-order valence-corrected chi connectivity index (χ2v) is 5.70. The van der Waals surface area contributed by atoms with Gasteiger partial charge in [-0.05, 0) is 23.3 Å². The first-order valence-electron chi connectivity index (χ1n) is 7.99. The van der Waals surface area contributed by atoms with Crippen LogP contribution in [0.2, 0.25) is 0 Å². The number of ether oxygens (including phenoxy) is 1. The smallest absolute Gasteiger partial charge is 0.222 e. The average Bonchev–Trinajstić information content (AvgIpc) is 3.02. The Morgan fingerprint density at radius 3 is 2.88 bits per heavy atom. The molecular formula is C19H21N3O2. The van der Waals surface area contributed by atoms with E-state index in [9.17, 15) is 4.79 Å². The third kappa shape index (κ3) is 4.00. The van der Waals surface area contributed by atoms with E-state index >= 15 is 0 Å². The summed E-state index contributed by atoms with van der Waals surface area (Å²) in [7, 11) is 1.59. The minimum absolute atomic E-state index is 0.00265. The van der Waals surface area contributed by atoms with Crippen LogP contribution in [0.4, 0.5) is 0 Å². The lowest BCUT2D eigenvalue weighted by atomic mass is 10.1. The second-order valence-electron chi connectivity index (χ2n) is 5.70. The van der Waals surface area contributed by atoms with Gasteiger partial charge in [-0.15, -0.1) is 0 Å². The van der Waals surface area contributed by atoms with Crippen LogP contribution in [0.5, 0.6) is 0 Å². The number of hydrogen-bond acceptors (Lipinski definition) is 3. The number of benzene rings is 2. The van der Waals surface area contributed by atoms with Crippen LogP contribution < -0.4 is 5.32 Å². The molecule has 0 radical (unpaired) electrons. The van der Waals surface area contributed by atoms with Gasteiger partial charge >= 0.3 is 0 Å². The van der Waals surface area contributed by atoms with Gasteiger partial charge in [0, 0.05) is 26.6 Å². The maximum Gasteiger partial charge on any atom is 0.222 e. The van der Waals surface area contributed by atoms with E-state index in [1.807, 2.05) is 36.7 Å². The van der Waals surface area contributed by atoms with Crippen LogP contribution in [0.15, 0.2) is 54.9 Å². The predicted molar refractivity (Wildman–Crippen MR) is 93.6 cm³/mol. The Morgan fingerprint density at radius 2 is 2.00 bits per heavy atom. The number of nitrogens with one attached hydrogen (secondary N) is 1. The van der Waals surface area contributed by atoms with Gasteiger partial charge in [0.25, 0.3) is 0 Å². The van der Waals surface area contributed by atoms with Gasteiger partial charge in [-0.25, -0.2) is 4.98 Å². The van der Waals surface area contributed by atoms with Crippen molar-refractivity contribution in [1.29, 1.82) is 0 Å². The molecule has 0 aliphatic heterocycles. The van der Waals surface area contributed by atoms with Crippen LogP contribution in [-0.4, -0.2) is 29.2 Å². The molecule has 0 aliphatic rings. The third-order valence-electron chi connectivity index (χ3n) is 3.89. The topological polar surface area (TPSA) is 56.1 Å². The Hall–Kier alpha value is -2.66. The number of amides is 1. The zero-order valence-electron chi connectivity index (χ0n) is 13.7. The third-order valence-corrected chi connectivity index (χ3v) is 3.89. The van der Waals surface area contributed by atoms with Gasteiger partial charge < -0.3 is 14.6 Å². The van der Waals surface area contributed by atoms with Gasteiger partial charge in [-0.3, -0.25) is 4.79 Å². The van der Waals surface area contributed by atoms with Crippen molar-refractivity contribution in [1.82, 2.24) is 14.9 Å². The van der Waals surface area contributed by atoms with Crippen molar-refractivity contribution in [3.8, 4) is 0 Å². The maximum atomic E-state index is 11.7. The van der Waals surface area contributed by atoms with Crippen LogP contribution in [-0.2, 0) is 22.6 Å². The highest BCUT2D eigenvalue weighted by atomic mass is 16.5. The molecule has 0 fully saturated rings. The van der Waals surface area contributed by atoms with E-state index < -0.39 is 0 Å². The second kappa shape index (κ2) is 7.75. The summed E-state index contributed by atoms with van der Waals surface area (Å²) in [6.07, 6.45) is 2.25. The van der Waals surface area contributed by atoms with E-state index in [2.05, 4.69) is 33.1 Å². The van der Waals surface area contributed by atoms with Gasteiger partial charge in [-0.2, -0.15) is 0 Å². The molecule has 0 unspecified atom stereocenters. The molecule has 0 spiro atoms. The lowest BCUT2D eigenvalue weighted by Crippen LogP contribution is -2.23. The molecule has 5 heteroatoms. The van der Waals surface area contributed by atoms with E-state index in [0.29, 0.717) is 19.6 Å². The molecule has 0 bridgehead atoms. The van der Waals surface area contributed by atoms with Crippen molar-refractivity contribution in [2.75, 3.05) is 13.7 Å². The SMILES string of the molecule is COCCC(=O)NCc1cccc(Cn2cnc3ccccc32)c1. The minimum atomic E-state index is 0.00265. The molecule has 124 valence electrons. The van der Waals surface area contributed by atoms with Gasteiger partial charge in [0.2, 0.25) is 5.91 Å². The number of methoxy groups -OCH3 is 1. The quantitative estimate of drug-likeness (QED) is 0.727. The molecule has 0 saturated carbocycles. The fourth-order valence-electron chi connectivity index (χ4n) is 2.65. The highest BCUT2D eigenvalue weighted by Crippen LogP contribution is 2.14. The molecular weight excluding hydrogens is 302 g/mol. The number of carbonyl (C=O) groups excluding carboxylic acids is 1. The number of nitrogens with zero attached hydrogens (tertiary/aromatic N) is 2. The molecule has 1 aromatic heterocycles. The van der Waals surface area contributed by atoms with E-state index in [0.717, 1.165) is 23.1 Å². The lowest BCUT2D eigenvalue weighted by Gasteiger charge is -2.09. The molecule has 0 atom stereocenters. The Morgan fingerprint density at radius 1 is 1.17 bits per heavy atom. The molecule has 1 N–H and O–H groups in total. The van der Waals surface area contributed by atoms with Gasteiger partial charge in [0.15, 0.2) is 0 Å². The number of para-hydroxylation sites is 2. The zero-order valence-corrected chi connectivity index (χ0v) is 13.7. The number of imidazole rings is 1. The summed E-state index contributed by atoms with van der Waals surface area (Å²) < 4.78 is 7.04. The van der Waals surface area contributed by atoms with Crippen LogP contribution in [0.25, 0.3) is 11.0 Å². The highest BCUT2D eigenvalue weighted by molar-refractivity contribution is 5.76. The maximum absolute atomic E-state index is 11.7. The van der Waals surface area contributed by atoms with E-state index in [1.54, 1.807) is 7.11 Å². The van der Waals surface area contributed by atoms with Crippen molar-refractivity contribution in [3.05, 3.63) is 66.0 Å². The molecule has 2 aromatic carbocycles. The summed E-state index contributed by atoms with van der Waals surface area (Å²) in [6.45, 7) is 1.73. The molecule has 1 amide bonds. The van der Waals surface area contributed by atoms with Crippen LogP contribution in [0, 0.1) is 0 Å². The number of aromatic nitrogens is 2. The van der Waals surface area contributed by atoms with E-state index in [-0.39, 0.29) is 5.91 Å². The van der Waals surface area contributed by atoms with Crippen molar-refractivity contribution >= 4 is 16.9 Å². The fraction of sp³-hybridized carbons (Fsp3) is 0.263. The summed E-state index contributed by atoms with van der Waals surface area (Å²) >= 11 is 0. The first kappa shape index (κ1) is 16.2. The largest absolute Gasteiger partial charge is 0.384 e. The van der Waals surface area contributed by atoms with Crippen molar-refractivity contribution in [2.45, 2.75) is 19.5 Å². The predicted octanol–water partition coefficient (Wildman–Crippen LogP) is 2.74. The van der Waals surface area contributed by atoms with Crippen LogP contribution in [0.3, 0.4) is 0 Å². The normalized spacial score (nSPS) is 10.9. The van der Waals surface area contributed by atoms with Crippen LogP contribution >= 0.6 is 0 Å². The molecule has 3 aromatic rings. The summed E-state index contributed by atoms with van der Waals surface area (Å²) in [6, 6.07) is 16.3. The molecule has 5 nitrogen and oxygen atoms in total. The van der Waals surface area contributed by atoms with Gasteiger partial charge in [0.05, 0.1) is 24.0 Å². The zero-order chi connectivity index (χ0) is 16.8. The first-order valence-corrected chi connectivity index (χ1v) is 7.99. The van der Waals surface area contributed by atoms with Crippen molar-refractivity contribution in [3.63, 3.8) is 0 Å². The van der Waals surface area contributed by atoms with Crippen molar-refractivity contribution in [2.24, 2.45) is 0 Å². The average molecular weight is 323 g/mol. The van der Waals surface area contributed by atoms with E-state index in [1.165, 1.54) is 5.56 Å². The number of rotatable bonds is 7. The Bertz CT molecular complexity index is 826. The summed E-state index contributed by atoms with van der Waals surface area (Å²) in [5.41, 5.74) is 4.39. The summed E-state index contributed by atoms with van der Waals surface area (Å²) in [4.78, 5) is 16.1.